The first-order valence-corrected chi connectivity index (χ1v) is 20.5. The first kappa shape index (κ1) is 46.4. The number of nitrogens with zero attached hydrogens (tertiary/aromatic N) is 1. The van der Waals surface area contributed by atoms with Crippen molar-refractivity contribution in [1.82, 2.24) is 4.90 Å². The van der Waals surface area contributed by atoms with Crippen LogP contribution in [0, 0.1) is 0 Å². The lowest BCUT2D eigenvalue weighted by molar-refractivity contribution is -0.167. The van der Waals surface area contributed by atoms with E-state index in [4.69, 9.17) is 14.2 Å². The van der Waals surface area contributed by atoms with Gasteiger partial charge in [-0.3, -0.25) is 14.4 Å². The van der Waals surface area contributed by atoms with Crippen LogP contribution in [0.3, 0.4) is 0 Å². The summed E-state index contributed by atoms with van der Waals surface area (Å²) in [6.45, 7) is 5.14. The molecular formula is C41H79NO6. The van der Waals surface area contributed by atoms with Gasteiger partial charge in [0.05, 0.1) is 0 Å². The minimum Gasteiger partial charge on any atom is -0.462 e. The second-order valence-electron chi connectivity index (χ2n) is 14.4. The minimum atomic E-state index is -0.775. The Morgan fingerprint density at radius 1 is 0.417 bits per heavy atom. The van der Waals surface area contributed by atoms with Gasteiger partial charge in [0.2, 0.25) is 0 Å². The molecule has 0 unspecified atom stereocenters. The van der Waals surface area contributed by atoms with Gasteiger partial charge < -0.3 is 19.1 Å². The maximum absolute atomic E-state index is 12.4. The molecule has 0 rings (SSSR count). The van der Waals surface area contributed by atoms with Gasteiger partial charge in [0.1, 0.15) is 13.2 Å². The van der Waals surface area contributed by atoms with Crippen LogP contribution in [0.5, 0.6) is 0 Å². The summed E-state index contributed by atoms with van der Waals surface area (Å²) in [7, 11) is 3.92. The van der Waals surface area contributed by atoms with Crippen LogP contribution in [0.1, 0.15) is 206 Å². The smallest absolute Gasteiger partial charge is 0.306 e. The lowest BCUT2D eigenvalue weighted by Gasteiger charge is -2.18. The van der Waals surface area contributed by atoms with Gasteiger partial charge in [0, 0.05) is 19.3 Å². The van der Waals surface area contributed by atoms with E-state index in [9.17, 15) is 14.4 Å². The molecule has 0 aliphatic heterocycles. The molecule has 0 saturated carbocycles. The Hall–Kier alpha value is -1.63. The third-order valence-electron chi connectivity index (χ3n) is 9.11. The van der Waals surface area contributed by atoms with Crippen molar-refractivity contribution in [3.8, 4) is 0 Å². The zero-order chi connectivity index (χ0) is 35.3. The molecule has 0 N–H and O–H groups in total. The quantitative estimate of drug-likeness (QED) is 0.0366. The van der Waals surface area contributed by atoms with E-state index in [0.29, 0.717) is 19.3 Å². The molecule has 284 valence electrons. The van der Waals surface area contributed by atoms with Crippen molar-refractivity contribution >= 4 is 17.9 Å². The molecule has 0 aromatic rings. The highest BCUT2D eigenvalue weighted by Crippen LogP contribution is 2.15. The second kappa shape index (κ2) is 36.6. The zero-order valence-electron chi connectivity index (χ0n) is 32.3. The van der Waals surface area contributed by atoms with Crippen LogP contribution in [0.25, 0.3) is 0 Å². The van der Waals surface area contributed by atoms with Crippen LogP contribution in [-0.4, -0.2) is 62.8 Å². The monoisotopic (exact) mass is 682 g/mol. The zero-order valence-corrected chi connectivity index (χ0v) is 32.3. The average Bonchev–Trinajstić information content (AvgIpc) is 3.06. The average molecular weight is 682 g/mol. The van der Waals surface area contributed by atoms with Crippen LogP contribution in [0.15, 0.2) is 0 Å². The van der Waals surface area contributed by atoms with Gasteiger partial charge in [-0.2, -0.15) is 0 Å². The highest BCUT2D eigenvalue weighted by Gasteiger charge is 2.19. The number of esters is 3. The molecule has 0 aliphatic carbocycles. The van der Waals surface area contributed by atoms with Gasteiger partial charge in [0.25, 0.3) is 0 Å². The highest BCUT2D eigenvalue weighted by molar-refractivity contribution is 5.71. The summed E-state index contributed by atoms with van der Waals surface area (Å²) in [6, 6.07) is 0. The maximum Gasteiger partial charge on any atom is 0.306 e. The Kier molecular flexibility index (Phi) is 35.4. The van der Waals surface area contributed by atoms with Crippen molar-refractivity contribution in [2.24, 2.45) is 0 Å². The van der Waals surface area contributed by atoms with E-state index in [-0.39, 0.29) is 37.5 Å². The molecule has 0 aromatic heterocycles. The number of unbranched alkanes of at least 4 members (excludes halogenated alkanes) is 24. The van der Waals surface area contributed by atoms with E-state index in [2.05, 4.69) is 13.8 Å². The first-order chi connectivity index (χ1) is 23.4. The number of hydrogen-bond donors (Lipinski definition) is 0. The summed E-state index contributed by atoms with van der Waals surface area (Å²) in [6.07, 6.45) is 33.5. The van der Waals surface area contributed by atoms with Crippen molar-refractivity contribution < 1.29 is 28.6 Å². The van der Waals surface area contributed by atoms with Crippen molar-refractivity contribution in [2.75, 3.05) is 33.9 Å². The van der Waals surface area contributed by atoms with Gasteiger partial charge in [-0.25, -0.2) is 0 Å². The van der Waals surface area contributed by atoms with Crippen LogP contribution < -0.4 is 0 Å². The summed E-state index contributed by atoms with van der Waals surface area (Å²) in [4.78, 5) is 39.2. The first-order valence-electron chi connectivity index (χ1n) is 20.5. The van der Waals surface area contributed by atoms with Gasteiger partial charge in [0.15, 0.2) is 6.10 Å². The predicted molar refractivity (Wildman–Crippen MR) is 200 cm³/mol. The summed E-state index contributed by atoms with van der Waals surface area (Å²) < 4.78 is 16.5. The molecule has 7 nitrogen and oxygen atoms in total. The van der Waals surface area contributed by atoms with E-state index >= 15 is 0 Å². The molecule has 7 heteroatoms. The molecule has 0 amide bonds. The standard InChI is InChI=1S/C41H79NO6/c1-5-7-9-11-13-15-17-19-21-23-25-27-29-32-39(43)46-36-38(48-41(45)34-31-35-42(3)4)37-47-40(44)33-30-28-26-24-22-20-18-16-14-12-10-8-6-2/h38H,5-37H2,1-4H3. The van der Waals surface area contributed by atoms with E-state index in [1.54, 1.807) is 0 Å². The molecule has 0 radical (unpaired) electrons. The van der Waals surface area contributed by atoms with Gasteiger partial charge >= 0.3 is 17.9 Å². The predicted octanol–water partition coefficient (Wildman–Crippen LogP) is 11.3. The lowest BCUT2D eigenvalue weighted by atomic mass is 10.0. The van der Waals surface area contributed by atoms with Crippen LogP contribution in [-0.2, 0) is 28.6 Å². The van der Waals surface area contributed by atoms with E-state index < -0.39 is 6.10 Å². The Morgan fingerprint density at radius 3 is 1.02 bits per heavy atom. The molecule has 0 atom stereocenters. The fourth-order valence-corrected chi connectivity index (χ4v) is 5.99. The fourth-order valence-electron chi connectivity index (χ4n) is 5.99. The molecule has 0 aliphatic rings. The van der Waals surface area contributed by atoms with Crippen molar-refractivity contribution in [3.05, 3.63) is 0 Å². The second-order valence-corrected chi connectivity index (χ2v) is 14.4. The maximum atomic E-state index is 12.4. The van der Waals surface area contributed by atoms with Gasteiger partial charge in [-0.1, -0.05) is 168 Å². The Bertz CT molecular complexity index is 682. The number of rotatable bonds is 37. The van der Waals surface area contributed by atoms with Crippen molar-refractivity contribution in [2.45, 2.75) is 213 Å². The molecule has 0 aromatic carbocycles. The van der Waals surface area contributed by atoms with Gasteiger partial charge in [-0.05, 0) is 39.9 Å². The summed E-state index contributed by atoms with van der Waals surface area (Å²) in [5.41, 5.74) is 0. The van der Waals surface area contributed by atoms with Crippen molar-refractivity contribution in [3.63, 3.8) is 0 Å². The normalized spacial score (nSPS) is 11.4. The Balaban J connectivity index is 4.13. The number of ether oxygens (including phenoxy) is 3. The van der Waals surface area contributed by atoms with Gasteiger partial charge in [-0.15, -0.1) is 0 Å². The van der Waals surface area contributed by atoms with Crippen LogP contribution in [0.2, 0.25) is 0 Å². The molecule has 0 spiro atoms. The molecular weight excluding hydrogens is 602 g/mol. The summed E-state index contributed by atoms with van der Waals surface area (Å²) in [5.74, 6) is -0.933. The van der Waals surface area contributed by atoms with Crippen molar-refractivity contribution in [1.29, 1.82) is 0 Å². The van der Waals surface area contributed by atoms with E-state index in [1.165, 1.54) is 128 Å². The summed E-state index contributed by atoms with van der Waals surface area (Å²) >= 11 is 0. The third kappa shape index (κ3) is 35.7. The van der Waals surface area contributed by atoms with Crippen LogP contribution >= 0.6 is 0 Å². The molecule has 0 heterocycles. The lowest BCUT2D eigenvalue weighted by Crippen LogP contribution is -2.31. The summed E-state index contributed by atoms with van der Waals surface area (Å²) in [5, 5.41) is 0. The number of carbonyl (C=O) groups is 3. The SMILES string of the molecule is CCCCCCCCCCCCCCCC(=O)OCC(COC(=O)CCCCCCCCCCCCCCC)OC(=O)CCCN(C)C. The number of hydrogen-bond acceptors (Lipinski definition) is 7. The topological polar surface area (TPSA) is 82.1 Å². The highest BCUT2D eigenvalue weighted by atomic mass is 16.6. The molecule has 48 heavy (non-hydrogen) atoms. The van der Waals surface area contributed by atoms with E-state index in [1.807, 2.05) is 19.0 Å². The largest absolute Gasteiger partial charge is 0.462 e. The Morgan fingerprint density at radius 2 is 0.708 bits per heavy atom. The Labute approximate surface area is 297 Å². The molecule has 0 fully saturated rings. The molecule has 0 bridgehead atoms. The minimum absolute atomic E-state index is 0.0806. The fraction of sp³-hybridized carbons (Fsp3) is 0.927. The van der Waals surface area contributed by atoms with E-state index in [0.717, 1.165) is 45.1 Å². The molecule has 0 saturated heterocycles. The number of carbonyl (C=O) groups excluding carboxylic acids is 3. The van der Waals surface area contributed by atoms with Crippen LogP contribution in [0.4, 0.5) is 0 Å². The third-order valence-corrected chi connectivity index (χ3v) is 9.11.